The Labute approximate surface area is 158 Å². The summed E-state index contributed by atoms with van der Waals surface area (Å²) in [4.78, 5) is 24.5. The van der Waals surface area contributed by atoms with Crippen molar-refractivity contribution in [1.82, 2.24) is 0 Å². The molecule has 4 heteroatoms. The minimum atomic E-state index is -0.482. The molecule has 0 aliphatic rings. The first-order chi connectivity index (χ1) is 13.0. The summed E-state index contributed by atoms with van der Waals surface area (Å²) in [6.45, 7) is 3.73. The molecule has 1 amide bonds. The van der Waals surface area contributed by atoms with Gasteiger partial charge in [-0.1, -0.05) is 48.5 Å². The fourth-order valence-electron chi connectivity index (χ4n) is 2.99. The van der Waals surface area contributed by atoms with E-state index in [1.807, 2.05) is 50.2 Å². The second-order valence-corrected chi connectivity index (χ2v) is 6.37. The first-order valence-corrected chi connectivity index (χ1v) is 8.66. The smallest absolute Gasteiger partial charge is 0.339 e. The summed E-state index contributed by atoms with van der Waals surface area (Å²) in [5, 5.41) is 5.09. The highest BCUT2D eigenvalue weighted by Crippen LogP contribution is 2.23. The molecule has 0 radical (unpaired) electrons. The molecule has 0 atom stereocenters. The van der Waals surface area contributed by atoms with Crippen LogP contribution in [0, 0.1) is 6.92 Å². The van der Waals surface area contributed by atoms with E-state index in [1.54, 1.807) is 12.1 Å². The topological polar surface area (TPSA) is 55.4 Å². The number of esters is 1. The van der Waals surface area contributed by atoms with Crippen LogP contribution >= 0.6 is 0 Å². The minimum Gasteiger partial charge on any atom is -0.465 e. The fraction of sp³-hybridized carbons (Fsp3) is 0.130. The molecule has 4 nitrogen and oxygen atoms in total. The van der Waals surface area contributed by atoms with Crippen molar-refractivity contribution in [3.05, 3.63) is 83.4 Å². The predicted molar refractivity (Wildman–Crippen MR) is 109 cm³/mol. The molecular formula is C23H21NO3. The van der Waals surface area contributed by atoms with Gasteiger partial charge in [-0.2, -0.15) is 0 Å². The Morgan fingerprint density at radius 3 is 2.44 bits per heavy atom. The molecule has 0 aliphatic carbocycles. The van der Waals surface area contributed by atoms with Gasteiger partial charge in [0.2, 0.25) is 5.91 Å². The zero-order chi connectivity index (χ0) is 19.4. The third-order valence-electron chi connectivity index (χ3n) is 4.48. The molecule has 3 rings (SSSR count). The van der Waals surface area contributed by atoms with Crippen molar-refractivity contribution in [3.8, 4) is 0 Å². The average molecular weight is 359 g/mol. The van der Waals surface area contributed by atoms with Crippen LogP contribution in [0.15, 0.2) is 66.7 Å². The maximum absolute atomic E-state index is 12.5. The van der Waals surface area contributed by atoms with E-state index in [1.165, 1.54) is 13.2 Å². The lowest BCUT2D eigenvalue weighted by Crippen LogP contribution is -2.14. The molecule has 0 aliphatic heterocycles. The van der Waals surface area contributed by atoms with Gasteiger partial charge in [0.05, 0.1) is 18.4 Å². The number of methoxy groups -OCH3 is 1. The number of anilines is 1. The number of nitrogens with one attached hydrogen (secondary N) is 1. The summed E-state index contributed by atoms with van der Waals surface area (Å²) in [7, 11) is 1.32. The van der Waals surface area contributed by atoms with Crippen LogP contribution in [0.1, 0.15) is 28.4 Å². The Morgan fingerprint density at radius 2 is 1.70 bits per heavy atom. The van der Waals surface area contributed by atoms with E-state index < -0.39 is 5.97 Å². The maximum Gasteiger partial charge on any atom is 0.339 e. The lowest BCUT2D eigenvalue weighted by atomic mass is 10.0. The Kier molecular flexibility index (Phi) is 5.36. The first kappa shape index (κ1) is 18.4. The van der Waals surface area contributed by atoms with Crippen LogP contribution in [0.25, 0.3) is 16.3 Å². The van der Waals surface area contributed by atoms with Gasteiger partial charge in [0.25, 0.3) is 0 Å². The van der Waals surface area contributed by atoms with Gasteiger partial charge in [-0.15, -0.1) is 0 Å². The van der Waals surface area contributed by atoms with E-state index in [4.69, 9.17) is 4.74 Å². The third-order valence-corrected chi connectivity index (χ3v) is 4.48. The quantitative estimate of drug-likeness (QED) is 0.528. The molecule has 0 bridgehead atoms. The number of carbonyl (C=O) groups is 2. The number of allylic oxidation sites excluding steroid dienone is 1. The number of hydrogen-bond donors (Lipinski definition) is 1. The van der Waals surface area contributed by atoms with Crippen molar-refractivity contribution in [2.45, 2.75) is 13.8 Å². The summed E-state index contributed by atoms with van der Waals surface area (Å²) in [5.41, 5.74) is 3.41. The fourth-order valence-corrected chi connectivity index (χ4v) is 2.99. The van der Waals surface area contributed by atoms with Gasteiger partial charge in [0.1, 0.15) is 0 Å². The Bertz CT molecular complexity index is 1050. The molecule has 0 aromatic heterocycles. The van der Waals surface area contributed by atoms with Gasteiger partial charge in [0.15, 0.2) is 0 Å². The van der Waals surface area contributed by atoms with Crippen LogP contribution in [0.5, 0.6) is 0 Å². The van der Waals surface area contributed by atoms with Crippen LogP contribution in [0.4, 0.5) is 5.69 Å². The van der Waals surface area contributed by atoms with Gasteiger partial charge < -0.3 is 10.1 Å². The summed E-state index contributed by atoms with van der Waals surface area (Å²) in [6, 6.07) is 19.4. The van der Waals surface area contributed by atoms with Gasteiger partial charge in [-0.05, 0) is 53.5 Å². The van der Waals surface area contributed by atoms with Crippen molar-refractivity contribution in [2.75, 3.05) is 12.4 Å². The molecule has 3 aromatic carbocycles. The van der Waals surface area contributed by atoms with Crippen molar-refractivity contribution in [3.63, 3.8) is 0 Å². The largest absolute Gasteiger partial charge is 0.465 e. The molecule has 0 fully saturated rings. The standard InChI is InChI=1S/C23H21NO3/c1-15-7-6-10-20(23(26)27-3)22(15)24-21(25)13-16(2)18-12-11-17-8-4-5-9-19(17)14-18/h4-14H,1-3H3,(H,24,25). The molecule has 0 unspecified atom stereocenters. The molecule has 27 heavy (non-hydrogen) atoms. The van der Waals surface area contributed by atoms with Crippen molar-refractivity contribution in [1.29, 1.82) is 0 Å². The van der Waals surface area contributed by atoms with E-state index >= 15 is 0 Å². The highest BCUT2D eigenvalue weighted by atomic mass is 16.5. The lowest BCUT2D eigenvalue weighted by molar-refractivity contribution is -0.111. The molecule has 3 aromatic rings. The van der Waals surface area contributed by atoms with E-state index in [-0.39, 0.29) is 5.91 Å². The Hall–Kier alpha value is -3.40. The van der Waals surface area contributed by atoms with Crippen LogP contribution in [0.3, 0.4) is 0 Å². The molecule has 0 heterocycles. The zero-order valence-electron chi connectivity index (χ0n) is 15.6. The summed E-state index contributed by atoms with van der Waals surface area (Å²) >= 11 is 0. The monoisotopic (exact) mass is 359 g/mol. The van der Waals surface area contributed by atoms with Gasteiger partial charge in [0, 0.05) is 6.08 Å². The maximum atomic E-state index is 12.5. The number of fused-ring (bicyclic) bond motifs is 1. The Morgan fingerprint density at radius 1 is 0.963 bits per heavy atom. The number of para-hydroxylation sites is 1. The van der Waals surface area contributed by atoms with Crippen LogP contribution in [-0.2, 0) is 9.53 Å². The van der Waals surface area contributed by atoms with Gasteiger partial charge in [-0.3, -0.25) is 4.79 Å². The van der Waals surface area contributed by atoms with Crippen LogP contribution in [-0.4, -0.2) is 19.0 Å². The summed E-state index contributed by atoms with van der Waals surface area (Å²) < 4.78 is 4.80. The second-order valence-electron chi connectivity index (χ2n) is 6.37. The number of rotatable bonds is 4. The zero-order valence-corrected chi connectivity index (χ0v) is 15.6. The first-order valence-electron chi connectivity index (χ1n) is 8.66. The number of aryl methyl sites for hydroxylation is 1. The molecule has 0 spiro atoms. The summed E-state index contributed by atoms with van der Waals surface area (Å²) in [5.74, 6) is -0.774. The van der Waals surface area contributed by atoms with E-state index in [0.717, 1.165) is 27.5 Å². The molecule has 0 saturated carbocycles. The highest BCUT2D eigenvalue weighted by Gasteiger charge is 2.15. The van der Waals surface area contributed by atoms with Crippen molar-refractivity contribution in [2.24, 2.45) is 0 Å². The number of ether oxygens (including phenoxy) is 1. The second kappa shape index (κ2) is 7.87. The SMILES string of the molecule is COC(=O)c1cccc(C)c1NC(=O)C=C(C)c1ccc2ccccc2c1. The summed E-state index contributed by atoms with van der Waals surface area (Å²) in [6.07, 6.45) is 1.54. The molecule has 1 N–H and O–H groups in total. The number of carbonyl (C=O) groups excluding carboxylic acids is 2. The van der Waals surface area contributed by atoms with Gasteiger partial charge in [-0.25, -0.2) is 4.79 Å². The number of benzene rings is 3. The highest BCUT2D eigenvalue weighted by molar-refractivity contribution is 6.08. The van der Waals surface area contributed by atoms with Crippen LogP contribution < -0.4 is 5.32 Å². The van der Waals surface area contributed by atoms with E-state index in [9.17, 15) is 9.59 Å². The molecule has 136 valence electrons. The minimum absolute atomic E-state index is 0.292. The molecular weight excluding hydrogens is 338 g/mol. The normalized spacial score (nSPS) is 11.3. The third kappa shape index (κ3) is 4.06. The van der Waals surface area contributed by atoms with E-state index in [2.05, 4.69) is 17.4 Å². The van der Waals surface area contributed by atoms with Crippen molar-refractivity contribution < 1.29 is 14.3 Å². The average Bonchev–Trinajstić information content (AvgIpc) is 2.68. The van der Waals surface area contributed by atoms with Crippen LogP contribution in [0.2, 0.25) is 0 Å². The van der Waals surface area contributed by atoms with Crippen molar-refractivity contribution >= 4 is 33.9 Å². The molecule has 0 saturated heterocycles. The van der Waals surface area contributed by atoms with E-state index in [0.29, 0.717) is 11.3 Å². The van der Waals surface area contributed by atoms with Gasteiger partial charge >= 0.3 is 5.97 Å². The lowest BCUT2D eigenvalue weighted by Gasteiger charge is -2.12. The number of amides is 1. The predicted octanol–water partition coefficient (Wildman–Crippen LogP) is 4.98. The Balaban J connectivity index is 1.87. The number of hydrogen-bond acceptors (Lipinski definition) is 3.